The molecule has 0 aromatic heterocycles. The lowest BCUT2D eigenvalue weighted by molar-refractivity contribution is -0.113. The summed E-state index contributed by atoms with van der Waals surface area (Å²) in [5, 5.41) is 0. The fourth-order valence-corrected chi connectivity index (χ4v) is 3.08. The van der Waals surface area contributed by atoms with Gasteiger partial charge in [-0.2, -0.15) is 0 Å². The molecule has 1 saturated carbocycles. The van der Waals surface area contributed by atoms with Crippen molar-refractivity contribution in [2.24, 2.45) is 11.3 Å². The summed E-state index contributed by atoms with van der Waals surface area (Å²) in [7, 11) is 0. The van der Waals surface area contributed by atoms with E-state index in [0.29, 0.717) is 12.0 Å². The Morgan fingerprint density at radius 2 is 1.94 bits per heavy atom. The van der Waals surface area contributed by atoms with Crippen molar-refractivity contribution in [3.63, 3.8) is 0 Å². The number of epoxide rings is 1. The van der Waals surface area contributed by atoms with Crippen molar-refractivity contribution in [2.45, 2.75) is 59.2 Å². The predicted octanol–water partition coefficient (Wildman–Crippen LogP) is 3.12. The summed E-state index contributed by atoms with van der Waals surface area (Å²) < 4.78 is 5.84. The number of ether oxygens (including phenoxy) is 1. The number of fused-ring (bicyclic) bond motifs is 1. The second-order valence-electron chi connectivity index (χ2n) is 6.20. The number of ketones is 1. The molecule has 2 aliphatic rings. The van der Waals surface area contributed by atoms with Gasteiger partial charge in [-0.15, -0.1) is 0 Å². The first-order valence-electron chi connectivity index (χ1n) is 6.14. The van der Waals surface area contributed by atoms with Crippen LogP contribution < -0.4 is 0 Å². The SMILES string of the molecule is CC(=O)/C(C)=C/[C@@H]1C(C)(C)CC[C@@H]2O[C@@]21C. The van der Waals surface area contributed by atoms with Gasteiger partial charge in [-0.1, -0.05) is 19.9 Å². The lowest BCUT2D eigenvalue weighted by Gasteiger charge is -2.39. The molecule has 2 rings (SSSR count). The molecule has 1 saturated heterocycles. The minimum atomic E-state index is -0.0154. The normalized spacial score (nSPS) is 41.4. The monoisotopic (exact) mass is 222 g/mol. The Labute approximate surface area is 98.1 Å². The molecule has 1 heterocycles. The zero-order valence-corrected chi connectivity index (χ0v) is 11.0. The van der Waals surface area contributed by atoms with Crippen LogP contribution in [0.1, 0.15) is 47.5 Å². The molecule has 0 spiro atoms. The van der Waals surface area contributed by atoms with Crippen LogP contribution in [0.4, 0.5) is 0 Å². The van der Waals surface area contributed by atoms with Crippen LogP contribution in [0.2, 0.25) is 0 Å². The summed E-state index contributed by atoms with van der Waals surface area (Å²) in [5.74, 6) is 0.532. The van der Waals surface area contributed by atoms with Gasteiger partial charge in [0.15, 0.2) is 5.78 Å². The fourth-order valence-electron chi connectivity index (χ4n) is 3.08. The Morgan fingerprint density at radius 1 is 1.31 bits per heavy atom. The topological polar surface area (TPSA) is 29.6 Å². The number of carbonyl (C=O) groups is 1. The highest BCUT2D eigenvalue weighted by atomic mass is 16.6. The van der Waals surface area contributed by atoms with Gasteiger partial charge in [-0.05, 0) is 44.6 Å². The summed E-state index contributed by atoms with van der Waals surface area (Å²) in [5.41, 5.74) is 1.09. The molecule has 2 heteroatoms. The largest absolute Gasteiger partial charge is 0.366 e. The zero-order valence-electron chi connectivity index (χ0n) is 11.0. The maximum Gasteiger partial charge on any atom is 0.155 e. The van der Waals surface area contributed by atoms with Crippen molar-refractivity contribution in [1.82, 2.24) is 0 Å². The van der Waals surface area contributed by atoms with Crippen molar-refractivity contribution in [1.29, 1.82) is 0 Å². The van der Waals surface area contributed by atoms with Gasteiger partial charge in [0.05, 0.1) is 11.7 Å². The average molecular weight is 222 g/mol. The summed E-state index contributed by atoms with van der Waals surface area (Å²) in [6.45, 7) is 10.3. The van der Waals surface area contributed by atoms with Gasteiger partial charge in [-0.3, -0.25) is 4.79 Å². The second kappa shape index (κ2) is 3.43. The smallest absolute Gasteiger partial charge is 0.155 e. The average Bonchev–Trinajstić information content (AvgIpc) is 2.83. The Hall–Kier alpha value is -0.630. The van der Waals surface area contributed by atoms with Crippen LogP contribution in [0.25, 0.3) is 0 Å². The van der Waals surface area contributed by atoms with Crippen LogP contribution >= 0.6 is 0 Å². The quantitative estimate of drug-likeness (QED) is 0.530. The van der Waals surface area contributed by atoms with Gasteiger partial charge >= 0.3 is 0 Å². The van der Waals surface area contributed by atoms with E-state index in [-0.39, 0.29) is 16.8 Å². The first-order valence-corrected chi connectivity index (χ1v) is 6.14. The molecule has 3 atom stereocenters. The molecule has 0 aromatic carbocycles. The lowest BCUT2D eigenvalue weighted by Crippen LogP contribution is -2.39. The maximum atomic E-state index is 11.3. The summed E-state index contributed by atoms with van der Waals surface area (Å²) in [6, 6.07) is 0. The van der Waals surface area contributed by atoms with Gasteiger partial charge in [-0.25, -0.2) is 0 Å². The highest BCUT2D eigenvalue weighted by Crippen LogP contribution is 2.58. The molecule has 1 aliphatic carbocycles. The van der Waals surface area contributed by atoms with E-state index >= 15 is 0 Å². The van der Waals surface area contributed by atoms with Crippen LogP contribution in [-0.4, -0.2) is 17.5 Å². The van der Waals surface area contributed by atoms with Crippen LogP contribution in [-0.2, 0) is 9.53 Å². The Kier molecular flexibility index (Phi) is 2.54. The van der Waals surface area contributed by atoms with E-state index in [1.54, 1.807) is 6.92 Å². The maximum absolute atomic E-state index is 11.3. The Morgan fingerprint density at radius 3 is 2.50 bits per heavy atom. The zero-order chi connectivity index (χ0) is 12.1. The molecule has 0 radical (unpaired) electrons. The molecule has 0 N–H and O–H groups in total. The number of rotatable bonds is 2. The Balaban J connectivity index is 2.29. The van der Waals surface area contributed by atoms with Gasteiger partial charge in [0.1, 0.15) is 0 Å². The third-order valence-electron chi connectivity index (χ3n) is 4.46. The molecule has 90 valence electrons. The van der Waals surface area contributed by atoms with Gasteiger partial charge in [0.2, 0.25) is 0 Å². The van der Waals surface area contributed by atoms with E-state index in [2.05, 4.69) is 26.8 Å². The summed E-state index contributed by atoms with van der Waals surface area (Å²) in [4.78, 5) is 11.3. The van der Waals surface area contributed by atoms with Gasteiger partial charge in [0.25, 0.3) is 0 Å². The number of Topliss-reactive ketones (excluding diaryl/α,β-unsaturated/α-hetero) is 1. The number of allylic oxidation sites excluding steroid dienone is 1. The number of hydrogen-bond donors (Lipinski definition) is 0. The van der Waals surface area contributed by atoms with Crippen molar-refractivity contribution < 1.29 is 9.53 Å². The molecule has 1 aliphatic heterocycles. The number of hydrogen-bond acceptors (Lipinski definition) is 2. The van der Waals surface area contributed by atoms with E-state index < -0.39 is 0 Å². The highest BCUT2D eigenvalue weighted by Gasteiger charge is 2.63. The van der Waals surface area contributed by atoms with Crippen LogP contribution in [0.5, 0.6) is 0 Å². The molecule has 0 bridgehead atoms. The summed E-state index contributed by atoms with van der Waals surface area (Å²) >= 11 is 0. The van der Waals surface area contributed by atoms with Crippen LogP contribution in [0.15, 0.2) is 11.6 Å². The first kappa shape index (κ1) is 11.8. The second-order valence-corrected chi connectivity index (χ2v) is 6.20. The first-order chi connectivity index (χ1) is 7.27. The minimum absolute atomic E-state index is 0.0154. The van der Waals surface area contributed by atoms with Crippen LogP contribution in [0, 0.1) is 11.3 Å². The summed E-state index contributed by atoms with van der Waals surface area (Å²) in [6.07, 6.45) is 4.90. The van der Waals surface area contributed by atoms with Gasteiger partial charge in [0, 0.05) is 5.92 Å². The standard InChI is InChI=1S/C14H22O2/c1-9(10(2)15)8-11-13(3,4)7-6-12-14(11,5)16-12/h8,11-12H,6-7H2,1-5H3/b9-8+/t11-,12+,14-/m1/s1. The predicted molar refractivity (Wildman–Crippen MR) is 64.2 cm³/mol. The molecule has 2 nitrogen and oxygen atoms in total. The third kappa shape index (κ3) is 1.73. The van der Waals surface area contributed by atoms with E-state index in [1.807, 2.05) is 6.92 Å². The Bertz CT molecular complexity index is 349. The van der Waals surface area contributed by atoms with Crippen molar-refractivity contribution in [3.8, 4) is 0 Å². The molecule has 0 unspecified atom stereocenters. The molecule has 16 heavy (non-hydrogen) atoms. The minimum Gasteiger partial charge on any atom is -0.366 e. The van der Waals surface area contributed by atoms with E-state index in [4.69, 9.17) is 4.74 Å². The molecular formula is C14H22O2. The van der Waals surface area contributed by atoms with Crippen molar-refractivity contribution >= 4 is 5.78 Å². The molecule has 0 aromatic rings. The third-order valence-corrected chi connectivity index (χ3v) is 4.46. The van der Waals surface area contributed by atoms with E-state index in [9.17, 15) is 4.79 Å². The molecular weight excluding hydrogens is 200 g/mol. The fraction of sp³-hybridized carbons (Fsp3) is 0.786. The van der Waals surface area contributed by atoms with Crippen molar-refractivity contribution in [3.05, 3.63) is 11.6 Å². The van der Waals surface area contributed by atoms with E-state index in [0.717, 1.165) is 12.0 Å². The highest BCUT2D eigenvalue weighted by molar-refractivity contribution is 5.92. The van der Waals surface area contributed by atoms with Crippen molar-refractivity contribution in [2.75, 3.05) is 0 Å². The van der Waals surface area contributed by atoms with E-state index in [1.165, 1.54) is 6.42 Å². The van der Waals surface area contributed by atoms with Gasteiger partial charge < -0.3 is 4.74 Å². The molecule has 0 amide bonds. The number of carbonyl (C=O) groups excluding carboxylic acids is 1. The lowest BCUT2D eigenvalue weighted by atomic mass is 9.63. The van der Waals surface area contributed by atoms with Crippen LogP contribution in [0.3, 0.4) is 0 Å². The molecule has 2 fully saturated rings.